The average Bonchev–Trinajstić information content (AvgIpc) is 3.24. The zero-order valence-electron chi connectivity index (χ0n) is 24.7. The van der Waals surface area contributed by atoms with Gasteiger partial charge in [0.1, 0.15) is 17.7 Å². The van der Waals surface area contributed by atoms with Gasteiger partial charge >= 0.3 is 12.0 Å². The Morgan fingerprint density at radius 3 is 2.32 bits per heavy atom. The minimum absolute atomic E-state index is 0.242. The van der Waals surface area contributed by atoms with Crippen molar-refractivity contribution in [2.24, 2.45) is 0 Å². The standard InChI is InChI=1S/C33H32N6O5/c1-21-5-4-14-34-27(21)19-37-15-12-33(13-16-37)31(42)38(32(43)39(33)28-18-29(44-3)36-20-35-28)25-9-6-23(7-10-25)24-8-11-26(30(40)41)22(2)17-24/h4-11,14,17-18,20H,12-13,15-16,19H2,1-3H3,(H,40,41). The van der Waals surface area contributed by atoms with Crippen LogP contribution >= 0.6 is 0 Å². The Balaban J connectivity index is 1.31. The Kier molecular flexibility index (Phi) is 7.56. The lowest BCUT2D eigenvalue weighted by atomic mass is 9.85. The molecular formula is C33H32N6O5. The van der Waals surface area contributed by atoms with Gasteiger partial charge in [0, 0.05) is 31.9 Å². The molecule has 2 saturated heterocycles. The number of aromatic nitrogens is 3. The van der Waals surface area contributed by atoms with E-state index in [1.165, 1.54) is 23.2 Å². The van der Waals surface area contributed by atoms with Crippen LogP contribution in [0.4, 0.5) is 16.3 Å². The number of methoxy groups -OCH3 is 1. The summed E-state index contributed by atoms with van der Waals surface area (Å²) in [4.78, 5) is 57.9. The Morgan fingerprint density at radius 2 is 1.66 bits per heavy atom. The molecule has 0 bridgehead atoms. The molecule has 2 aliphatic rings. The fourth-order valence-corrected chi connectivity index (χ4v) is 6.08. The lowest BCUT2D eigenvalue weighted by Gasteiger charge is -2.41. The van der Waals surface area contributed by atoms with Crippen molar-refractivity contribution in [2.75, 3.05) is 30.0 Å². The average molecular weight is 593 g/mol. The highest BCUT2D eigenvalue weighted by atomic mass is 16.5. The number of rotatable bonds is 7. The van der Waals surface area contributed by atoms with E-state index in [4.69, 9.17) is 4.74 Å². The van der Waals surface area contributed by atoms with Crippen LogP contribution in [0.5, 0.6) is 5.88 Å². The first-order valence-corrected chi connectivity index (χ1v) is 14.3. The zero-order chi connectivity index (χ0) is 31.0. The summed E-state index contributed by atoms with van der Waals surface area (Å²) < 4.78 is 5.31. The van der Waals surface area contributed by atoms with Crippen LogP contribution in [0, 0.1) is 13.8 Å². The highest BCUT2D eigenvalue weighted by Crippen LogP contribution is 2.42. The number of hydrogen-bond acceptors (Lipinski definition) is 8. The topological polar surface area (TPSA) is 129 Å². The second-order valence-corrected chi connectivity index (χ2v) is 11.1. The number of carboxylic acid groups (broad SMARTS) is 1. The third-order valence-electron chi connectivity index (χ3n) is 8.57. The maximum Gasteiger partial charge on any atom is 0.338 e. The predicted octanol–water partition coefficient (Wildman–Crippen LogP) is 4.87. The molecule has 2 aromatic carbocycles. The number of piperidine rings is 1. The Hall–Kier alpha value is -5.16. The number of imide groups is 1. The van der Waals surface area contributed by atoms with Crippen LogP contribution in [0.1, 0.15) is 40.0 Å². The molecule has 1 N–H and O–H groups in total. The second kappa shape index (κ2) is 11.5. The molecule has 4 aromatic rings. The third kappa shape index (κ3) is 5.05. The first kappa shape index (κ1) is 28.9. The van der Waals surface area contributed by atoms with Gasteiger partial charge in [-0.15, -0.1) is 0 Å². The molecule has 2 fully saturated rings. The Labute approximate surface area is 254 Å². The van der Waals surface area contributed by atoms with Crippen molar-refractivity contribution >= 4 is 29.4 Å². The number of carbonyl (C=O) groups excluding carboxylic acids is 2. The normalized spacial score (nSPS) is 16.5. The van der Waals surface area contributed by atoms with Gasteiger partial charge in [0.2, 0.25) is 5.88 Å². The van der Waals surface area contributed by atoms with Crippen molar-refractivity contribution in [1.82, 2.24) is 19.9 Å². The molecule has 0 unspecified atom stereocenters. The van der Waals surface area contributed by atoms with Gasteiger partial charge in [-0.3, -0.25) is 19.6 Å². The molecule has 3 amide bonds. The van der Waals surface area contributed by atoms with E-state index in [1.54, 1.807) is 43.5 Å². The Morgan fingerprint density at radius 1 is 0.932 bits per heavy atom. The first-order chi connectivity index (χ1) is 21.2. The smallest absolute Gasteiger partial charge is 0.338 e. The first-order valence-electron chi connectivity index (χ1n) is 14.3. The van der Waals surface area contributed by atoms with E-state index < -0.39 is 17.5 Å². The van der Waals surface area contributed by atoms with Gasteiger partial charge in [0.15, 0.2) is 0 Å². The number of hydrogen-bond donors (Lipinski definition) is 1. The summed E-state index contributed by atoms with van der Waals surface area (Å²) in [5.41, 5.74) is 3.96. The Bertz CT molecular complexity index is 1750. The van der Waals surface area contributed by atoms with Gasteiger partial charge < -0.3 is 9.84 Å². The van der Waals surface area contributed by atoms with Crippen LogP contribution in [0.3, 0.4) is 0 Å². The van der Waals surface area contributed by atoms with Gasteiger partial charge in [-0.1, -0.05) is 30.3 Å². The lowest BCUT2D eigenvalue weighted by molar-refractivity contribution is -0.123. The van der Waals surface area contributed by atoms with E-state index in [9.17, 15) is 19.5 Å². The quantitative estimate of drug-likeness (QED) is 0.299. The number of aromatic carboxylic acids is 1. The maximum absolute atomic E-state index is 14.4. The summed E-state index contributed by atoms with van der Waals surface area (Å²) in [5, 5.41) is 9.37. The van der Waals surface area contributed by atoms with E-state index in [0.29, 0.717) is 55.4 Å². The largest absolute Gasteiger partial charge is 0.481 e. The van der Waals surface area contributed by atoms with Crippen molar-refractivity contribution in [3.8, 4) is 17.0 Å². The van der Waals surface area contributed by atoms with Crippen LogP contribution in [0.15, 0.2) is 73.2 Å². The van der Waals surface area contributed by atoms with E-state index >= 15 is 0 Å². The number of pyridine rings is 1. The number of nitrogens with zero attached hydrogens (tertiary/aromatic N) is 6. The van der Waals surface area contributed by atoms with Crippen LogP contribution in [-0.2, 0) is 11.3 Å². The summed E-state index contributed by atoms with van der Waals surface area (Å²) in [6, 6.07) is 17.3. The number of amides is 3. The molecule has 44 heavy (non-hydrogen) atoms. The molecule has 2 aliphatic heterocycles. The summed E-state index contributed by atoms with van der Waals surface area (Å²) in [7, 11) is 1.49. The van der Waals surface area contributed by atoms with Gasteiger partial charge in [-0.05, 0) is 73.2 Å². The van der Waals surface area contributed by atoms with Crippen LogP contribution in [0.25, 0.3) is 11.1 Å². The molecule has 4 heterocycles. The fourth-order valence-electron chi connectivity index (χ4n) is 6.08. The van der Waals surface area contributed by atoms with Crippen molar-refractivity contribution in [1.29, 1.82) is 0 Å². The second-order valence-electron chi connectivity index (χ2n) is 11.1. The molecule has 6 rings (SSSR count). The number of aryl methyl sites for hydroxylation is 2. The van der Waals surface area contributed by atoms with Crippen LogP contribution in [-0.4, -0.2) is 68.6 Å². The number of carboxylic acids is 1. The summed E-state index contributed by atoms with van der Waals surface area (Å²) >= 11 is 0. The molecule has 1 spiro atoms. The van der Waals surface area contributed by atoms with E-state index in [1.807, 2.05) is 37.3 Å². The monoisotopic (exact) mass is 592 g/mol. The van der Waals surface area contributed by atoms with Gasteiger partial charge in [-0.2, -0.15) is 0 Å². The highest BCUT2D eigenvalue weighted by molar-refractivity contribution is 6.30. The summed E-state index contributed by atoms with van der Waals surface area (Å²) in [6.07, 6.45) is 3.94. The van der Waals surface area contributed by atoms with Gasteiger partial charge in [0.25, 0.3) is 5.91 Å². The number of anilines is 2. The van der Waals surface area contributed by atoms with Crippen LogP contribution in [0.2, 0.25) is 0 Å². The fraction of sp³-hybridized carbons (Fsp3) is 0.273. The lowest BCUT2D eigenvalue weighted by Crippen LogP contribution is -2.57. The van der Waals surface area contributed by atoms with E-state index in [2.05, 4.69) is 19.9 Å². The molecule has 11 nitrogen and oxygen atoms in total. The maximum atomic E-state index is 14.4. The molecule has 224 valence electrons. The number of likely N-dealkylation sites (tertiary alicyclic amines) is 1. The molecule has 11 heteroatoms. The minimum atomic E-state index is -1.13. The number of benzene rings is 2. The highest BCUT2D eigenvalue weighted by Gasteiger charge is 2.59. The van der Waals surface area contributed by atoms with Gasteiger partial charge in [-0.25, -0.2) is 24.5 Å². The third-order valence-corrected chi connectivity index (χ3v) is 8.57. The van der Waals surface area contributed by atoms with E-state index in [-0.39, 0.29) is 11.5 Å². The molecule has 0 aliphatic carbocycles. The number of urea groups is 1. The molecule has 0 atom stereocenters. The minimum Gasteiger partial charge on any atom is -0.481 e. The molecule has 0 radical (unpaired) electrons. The number of ether oxygens (including phenoxy) is 1. The van der Waals surface area contributed by atoms with Crippen molar-refractivity contribution in [3.05, 3.63) is 95.6 Å². The van der Waals surface area contributed by atoms with Crippen molar-refractivity contribution < 1.29 is 24.2 Å². The van der Waals surface area contributed by atoms with E-state index in [0.717, 1.165) is 22.4 Å². The van der Waals surface area contributed by atoms with Gasteiger partial charge in [0.05, 0.1) is 24.1 Å². The number of carbonyl (C=O) groups is 3. The summed E-state index contributed by atoms with van der Waals surface area (Å²) in [5.74, 6) is -0.686. The van der Waals surface area contributed by atoms with Crippen molar-refractivity contribution in [2.45, 2.75) is 38.8 Å². The van der Waals surface area contributed by atoms with Crippen LogP contribution < -0.4 is 14.5 Å². The predicted molar refractivity (Wildman–Crippen MR) is 164 cm³/mol. The van der Waals surface area contributed by atoms with Crippen molar-refractivity contribution in [3.63, 3.8) is 0 Å². The molecule has 2 aromatic heterocycles. The zero-order valence-corrected chi connectivity index (χ0v) is 24.7. The summed E-state index contributed by atoms with van der Waals surface area (Å²) in [6.45, 7) is 5.62. The SMILES string of the molecule is COc1cc(N2C(=O)N(c3ccc(-c4ccc(C(=O)O)c(C)c4)cc3)C(=O)C23CCN(Cc2ncccc2C)CC3)ncn1. The molecular weight excluding hydrogens is 560 g/mol. The molecule has 0 saturated carbocycles.